The lowest BCUT2D eigenvalue weighted by molar-refractivity contribution is -0.132. The highest BCUT2D eigenvalue weighted by Gasteiger charge is 2.27. The van der Waals surface area contributed by atoms with Gasteiger partial charge in [-0.2, -0.15) is 13.2 Å². The van der Waals surface area contributed by atoms with Crippen LogP contribution >= 0.6 is 11.6 Å². The van der Waals surface area contributed by atoms with Gasteiger partial charge in [0.15, 0.2) is 0 Å². The van der Waals surface area contributed by atoms with Crippen LogP contribution in [0.2, 0.25) is 0 Å². The van der Waals surface area contributed by atoms with Gasteiger partial charge in [-0.15, -0.1) is 11.6 Å². The smallest absolute Gasteiger partial charge is 0.373 e. The molecule has 0 aromatic carbocycles. The first kappa shape index (κ1) is 13.1. The average Bonchev–Trinajstić information content (AvgIpc) is 2.25. The molecule has 2 nitrogen and oxygen atoms in total. The molecule has 0 saturated carbocycles. The fourth-order valence-electron chi connectivity index (χ4n) is 1.29. The van der Waals surface area contributed by atoms with E-state index in [0.717, 1.165) is 5.56 Å². The van der Waals surface area contributed by atoms with Crippen molar-refractivity contribution in [1.82, 2.24) is 4.98 Å². The zero-order valence-electron chi connectivity index (χ0n) is 8.76. The van der Waals surface area contributed by atoms with Crippen LogP contribution in [0.3, 0.4) is 0 Å². The van der Waals surface area contributed by atoms with E-state index in [1.165, 1.54) is 11.1 Å². The second-order valence-electron chi connectivity index (χ2n) is 3.42. The Kier molecular flexibility index (Phi) is 4.41. The average molecular weight is 253 g/mol. The highest BCUT2D eigenvalue weighted by atomic mass is 35.5. The molecular formula is C10H12ClF3N2. The summed E-state index contributed by atoms with van der Waals surface area (Å²) in [6, 6.07) is 1.70. The quantitative estimate of drug-likeness (QED) is 0.765. The van der Waals surface area contributed by atoms with Gasteiger partial charge in [-0.05, 0) is 11.6 Å². The molecule has 0 unspecified atom stereocenters. The van der Waals surface area contributed by atoms with E-state index in [-0.39, 0.29) is 12.4 Å². The highest BCUT2D eigenvalue weighted by molar-refractivity contribution is 6.17. The summed E-state index contributed by atoms with van der Waals surface area (Å²) in [5, 5.41) is 0. The van der Waals surface area contributed by atoms with Crippen molar-refractivity contribution in [3.63, 3.8) is 0 Å². The van der Waals surface area contributed by atoms with Gasteiger partial charge in [-0.3, -0.25) is 4.98 Å². The summed E-state index contributed by atoms with van der Waals surface area (Å²) in [6.45, 7) is -0.0981. The van der Waals surface area contributed by atoms with Crippen LogP contribution < -0.4 is 4.90 Å². The fraction of sp³-hybridized carbons (Fsp3) is 0.500. The SMILES string of the molecule is CN(CCC(F)(F)F)c1cnccc1CCl. The lowest BCUT2D eigenvalue weighted by atomic mass is 10.2. The van der Waals surface area contributed by atoms with E-state index in [0.29, 0.717) is 5.69 Å². The van der Waals surface area contributed by atoms with Gasteiger partial charge >= 0.3 is 6.18 Å². The van der Waals surface area contributed by atoms with Crippen LogP contribution in [0.5, 0.6) is 0 Å². The molecular weight excluding hydrogens is 241 g/mol. The lowest BCUT2D eigenvalue weighted by Gasteiger charge is -2.21. The molecule has 1 heterocycles. The Morgan fingerprint density at radius 2 is 2.12 bits per heavy atom. The van der Waals surface area contributed by atoms with E-state index in [1.54, 1.807) is 19.3 Å². The molecule has 1 rings (SSSR count). The van der Waals surface area contributed by atoms with Gasteiger partial charge in [0.2, 0.25) is 0 Å². The molecule has 0 aliphatic heterocycles. The maximum absolute atomic E-state index is 12.0. The molecule has 90 valence electrons. The Morgan fingerprint density at radius 1 is 1.44 bits per heavy atom. The van der Waals surface area contributed by atoms with Gasteiger partial charge in [0.1, 0.15) is 0 Å². The normalized spacial score (nSPS) is 11.6. The highest BCUT2D eigenvalue weighted by Crippen LogP contribution is 2.23. The van der Waals surface area contributed by atoms with E-state index < -0.39 is 12.6 Å². The molecule has 16 heavy (non-hydrogen) atoms. The molecule has 0 spiro atoms. The Bertz CT molecular complexity index is 341. The van der Waals surface area contributed by atoms with Gasteiger partial charge < -0.3 is 4.90 Å². The van der Waals surface area contributed by atoms with E-state index in [1.807, 2.05) is 0 Å². The molecule has 0 bridgehead atoms. The van der Waals surface area contributed by atoms with Crippen molar-refractivity contribution in [1.29, 1.82) is 0 Å². The second-order valence-corrected chi connectivity index (χ2v) is 3.69. The molecule has 1 aromatic heterocycles. The van der Waals surface area contributed by atoms with Crippen molar-refractivity contribution in [2.24, 2.45) is 0 Å². The third-order valence-electron chi connectivity index (χ3n) is 2.17. The van der Waals surface area contributed by atoms with Crippen molar-refractivity contribution in [3.05, 3.63) is 24.0 Å². The summed E-state index contributed by atoms with van der Waals surface area (Å²) in [4.78, 5) is 5.39. The van der Waals surface area contributed by atoms with E-state index in [9.17, 15) is 13.2 Å². The van der Waals surface area contributed by atoms with Crippen molar-refractivity contribution in [2.75, 3.05) is 18.5 Å². The summed E-state index contributed by atoms with van der Waals surface area (Å²) in [7, 11) is 1.60. The monoisotopic (exact) mass is 252 g/mol. The number of pyridine rings is 1. The molecule has 0 radical (unpaired) electrons. The number of nitrogens with zero attached hydrogens (tertiary/aromatic N) is 2. The second kappa shape index (κ2) is 5.39. The molecule has 0 fully saturated rings. The minimum absolute atomic E-state index is 0.0981. The van der Waals surface area contributed by atoms with Gasteiger partial charge in [-0.25, -0.2) is 0 Å². The Morgan fingerprint density at radius 3 is 2.69 bits per heavy atom. The molecule has 6 heteroatoms. The molecule has 0 saturated heterocycles. The maximum Gasteiger partial charge on any atom is 0.390 e. The van der Waals surface area contributed by atoms with Gasteiger partial charge in [-0.1, -0.05) is 0 Å². The Balaban J connectivity index is 2.69. The van der Waals surface area contributed by atoms with Crippen LogP contribution in [0.15, 0.2) is 18.5 Å². The predicted octanol–water partition coefficient (Wildman–Crippen LogP) is 3.21. The summed E-state index contributed by atoms with van der Waals surface area (Å²) in [5.41, 5.74) is 1.42. The number of hydrogen-bond acceptors (Lipinski definition) is 2. The number of anilines is 1. The van der Waals surface area contributed by atoms with Crippen LogP contribution in [0.25, 0.3) is 0 Å². The number of halogens is 4. The summed E-state index contributed by atoms with van der Waals surface area (Å²) < 4.78 is 36.1. The van der Waals surface area contributed by atoms with Crippen LogP contribution in [-0.4, -0.2) is 24.8 Å². The Hall–Kier alpha value is -0.970. The number of alkyl halides is 4. The molecule has 0 aliphatic carbocycles. The van der Waals surface area contributed by atoms with Crippen molar-refractivity contribution in [2.45, 2.75) is 18.5 Å². The molecule has 0 amide bonds. The largest absolute Gasteiger partial charge is 0.390 e. The third-order valence-corrected chi connectivity index (χ3v) is 2.46. The summed E-state index contributed by atoms with van der Waals surface area (Å²) in [6.07, 6.45) is -1.90. The predicted molar refractivity (Wildman–Crippen MR) is 57.7 cm³/mol. The van der Waals surface area contributed by atoms with Crippen LogP contribution in [-0.2, 0) is 5.88 Å². The third kappa shape index (κ3) is 3.89. The zero-order chi connectivity index (χ0) is 12.2. The van der Waals surface area contributed by atoms with Gasteiger partial charge in [0.05, 0.1) is 18.3 Å². The van der Waals surface area contributed by atoms with Crippen LogP contribution in [0.4, 0.5) is 18.9 Å². The first-order valence-corrected chi connectivity index (χ1v) is 5.24. The van der Waals surface area contributed by atoms with Crippen molar-refractivity contribution < 1.29 is 13.2 Å². The Labute approximate surface area is 97.0 Å². The standard InChI is InChI=1S/C10H12ClF3N2/c1-16(5-3-10(12,13)14)9-7-15-4-2-8(9)6-11/h2,4,7H,3,5-6H2,1H3. The van der Waals surface area contributed by atoms with E-state index in [4.69, 9.17) is 11.6 Å². The topological polar surface area (TPSA) is 16.1 Å². The first-order chi connectivity index (χ1) is 7.44. The zero-order valence-corrected chi connectivity index (χ0v) is 9.52. The van der Waals surface area contributed by atoms with Crippen LogP contribution in [0, 0.1) is 0 Å². The van der Waals surface area contributed by atoms with E-state index in [2.05, 4.69) is 4.98 Å². The number of rotatable bonds is 4. The van der Waals surface area contributed by atoms with Gasteiger partial charge in [0, 0.05) is 25.7 Å². The van der Waals surface area contributed by atoms with E-state index >= 15 is 0 Å². The summed E-state index contributed by atoms with van der Waals surface area (Å²) >= 11 is 5.69. The molecule has 1 aromatic rings. The van der Waals surface area contributed by atoms with Crippen LogP contribution in [0.1, 0.15) is 12.0 Å². The number of hydrogen-bond donors (Lipinski definition) is 0. The van der Waals surface area contributed by atoms with Crippen molar-refractivity contribution >= 4 is 17.3 Å². The maximum atomic E-state index is 12.0. The van der Waals surface area contributed by atoms with Gasteiger partial charge in [0.25, 0.3) is 0 Å². The molecule has 0 atom stereocenters. The minimum Gasteiger partial charge on any atom is -0.373 e. The first-order valence-electron chi connectivity index (χ1n) is 4.71. The number of aromatic nitrogens is 1. The van der Waals surface area contributed by atoms with Crippen molar-refractivity contribution in [3.8, 4) is 0 Å². The molecule has 0 aliphatic rings. The summed E-state index contributed by atoms with van der Waals surface area (Å²) in [5.74, 6) is 0.258. The lowest BCUT2D eigenvalue weighted by Crippen LogP contribution is -2.24. The molecule has 0 N–H and O–H groups in total. The minimum atomic E-state index is -4.14. The fourth-order valence-corrected chi connectivity index (χ4v) is 1.51.